The zero-order valence-electron chi connectivity index (χ0n) is 14.0. The van der Waals surface area contributed by atoms with E-state index in [9.17, 15) is 9.59 Å². The van der Waals surface area contributed by atoms with Gasteiger partial charge in [0.05, 0.1) is 6.10 Å². The molecule has 2 N–H and O–H groups in total. The van der Waals surface area contributed by atoms with E-state index in [1.54, 1.807) is 0 Å². The van der Waals surface area contributed by atoms with Crippen LogP contribution in [0.4, 0.5) is 0 Å². The lowest BCUT2D eigenvalue weighted by molar-refractivity contribution is -0.255. The van der Waals surface area contributed by atoms with Crippen molar-refractivity contribution < 1.29 is 23.8 Å². The molecule has 1 heterocycles. The molecule has 1 aliphatic rings. The molecule has 0 spiro atoms. The SMILES string of the molecule is CC(=O)OCC1OC(OCCCCC(N)=O)C(C)C(C)C1C. The second kappa shape index (κ2) is 9.10. The normalized spacial score (nSPS) is 31.7. The molecule has 6 heteroatoms. The first-order valence-corrected chi connectivity index (χ1v) is 8.01. The number of carbonyl (C=O) groups is 2. The summed E-state index contributed by atoms with van der Waals surface area (Å²) in [4.78, 5) is 21.7. The zero-order chi connectivity index (χ0) is 16.7. The predicted octanol–water partition coefficient (Wildman–Crippen LogP) is 1.85. The maximum absolute atomic E-state index is 11.0. The zero-order valence-corrected chi connectivity index (χ0v) is 14.0. The molecule has 128 valence electrons. The van der Waals surface area contributed by atoms with E-state index >= 15 is 0 Å². The Balaban J connectivity index is 2.43. The summed E-state index contributed by atoms with van der Waals surface area (Å²) in [6.07, 6.45) is 1.42. The van der Waals surface area contributed by atoms with Gasteiger partial charge in [-0.1, -0.05) is 20.8 Å². The lowest BCUT2D eigenvalue weighted by atomic mass is 9.79. The van der Waals surface area contributed by atoms with Gasteiger partial charge in [-0.2, -0.15) is 0 Å². The van der Waals surface area contributed by atoms with Gasteiger partial charge in [-0.05, 0) is 24.7 Å². The van der Waals surface area contributed by atoms with Gasteiger partial charge in [0, 0.05) is 25.9 Å². The highest BCUT2D eigenvalue weighted by atomic mass is 16.7. The first kappa shape index (κ1) is 18.9. The fourth-order valence-corrected chi connectivity index (χ4v) is 2.67. The van der Waals surface area contributed by atoms with E-state index in [1.165, 1.54) is 6.92 Å². The minimum absolute atomic E-state index is 0.147. The van der Waals surface area contributed by atoms with Crippen molar-refractivity contribution in [2.45, 2.75) is 59.4 Å². The molecule has 6 nitrogen and oxygen atoms in total. The lowest BCUT2D eigenvalue weighted by Gasteiger charge is -2.43. The van der Waals surface area contributed by atoms with Crippen molar-refractivity contribution >= 4 is 11.9 Å². The Morgan fingerprint density at radius 2 is 1.77 bits per heavy atom. The number of ether oxygens (including phenoxy) is 3. The number of amides is 1. The number of esters is 1. The summed E-state index contributed by atoms with van der Waals surface area (Å²) in [6, 6.07) is 0. The third kappa shape index (κ3) is 5.93. The van der Waals surface area contributed by atoms with Gasteiger partial charge in [-0.3, -0.25) is 9.59 Å². The van der Waals surface area contributed by atoms with Crippen LogP contribution in [0.3, 0.4) is 0 Å². The van der Waals surface area contributed by atoms with Crippen LogP contribution in [0.25, 0.3) is 0 Å². The molecule has 1 rings (SSSR count). The molecule has 0 bridgehead atoms. The maximum atomic E-state index is 11.0. The number of primary amides is 1. The van der Waals surface area contributed by atoms with Crippen LogP contribution in [-0.4, -0.2) is 37.5 Å². The molecule has 1 fully saturated rings. The maximum Gasteiger partial charge on any atom is 0.302 e. The van der Waals surface area contributed by atoms with E-state index in [-0.39, 0.29) is 36.8 Å². The average molecular weight is 315 g/mol. The third-order valence-corrected chi connectivity index (χ3v) is 4.53. The van der Waals surface area contributed by atoms with Crippen molar-refractivity contribution in [2.75, 3.05) is 13.2 Å². The van der Waals surface area contributed by atoms with Gasteiger partial charge in [0.15, 0.2) is 6.29 Å². The molecule has 0 aromatic carbocycles. The molecule has 0 aromatic heterocycles. The van der Waals surface area contributed by atoms with E-state index in [0.717, 1.165) is 12.8 Å². The van der Waals surface area contributed by atoms with Gasteiger partial charge in [-0.15, -0.1) is 0 Å². The molecule has 0 aliphatic carbocycles. The minimum atomic E-state index is -0.305. The molecule has 0 saturated carbocycles. The van der Waals surface area contributed by atoms with Crippen molar-refractivity contribution in [1.29, 1.82) is 0 Å². The van der Waals surface area contributed by atoms with Crippen LogP contribution >= 0.6 is 0 Å². The predicted molar refractivity (Wildman–Crippen MR) is 81.8 cm³/mol. The Kier molecular flexibility index (Phi) is 7.82. The van der Waals surface area contributed by atoms with Gasteiger partial charge in [0.25, 0.3) is 0 Å². The monoisotopic (exact) mass is 315 g/mol. The summed E-state index contributed by atoms with van der Waals surface area (Å²) in [5.41, 5.74) is 5.10. The van der Waals surface area contributed by atoms with Crippen molar-refractivity contribution in [3.63, 3.8) is 0 Å². The summed E-state index contributed by atoms with van der Waals surface area (Å²) in [7, 11) is 0. The summed E-state index contributed by atoms with van der Waals surface area (Å²) in [6.45, 7) is 8.57. The third-order valence-electron chi connectivity index (χ3n) is 4.53. The molecule has 22 heavy (non-hydrogen) atoms. The fourth-order valence-electron chi connectivity index (χ4n) is 2.67. The van der Waals surface area contributed by atoms with Gasteiger partial charge in [-0.25, -0.2) is 0 Å². The van der Waals surface area contributed by atoms with Crippen molar-refractivity contribution in [1.82, 2.24) is 0 Å². The first-order chi connectivity index (χ1) is 10.3. The van der Waals surface area contributed by atoms with Gasteiger partial charge in [0.2, 0.25) is 5.91 Å². The number of unbranched alkanes of at least 4 members (excludes halogenated alkanes) is 1. The van der Waals surface area contributed by atoms with Crippen molar-refractivity contribution in [3.05, 3.63) is 0 Å². The molecule has 1 amide bonds. The molecule has 0 aromatic rings. The highest BCUT2D eigenvalue weighted by Crippen LogP contribution is 2.35. The topological polar surface area (TPSA) is 87.8 Å². The number of nitrogens with two attached hydrogens (primary N) is 1. The number of carbonyl (C=O) groups excluding carboxylic acids is 2. The average Bonchev–Trinajstić information content (AvgIpc) is 2.45. The Morgan fingerprint density at radius 1 is 1.09 bits per heavy atom. The highest BCUT2D eigenvalue weighted by Gasteiger charge is 2.39. The molecule has 5 unspecified atom stereocenters. The number of rotatable bonds is 8. The summed E-state index contributed by atoms with van der Waals surface area (Å²) in [5, 5.41) is 0. The van der Waals surface area contributed by atoms with Crippen LogP contribution in [0.15, 0.2) is 0 Å². The van der Waals surface area contributed by atoms with E-state index in [4.69, 9.17) is 19.9 Å². The van der Waals surface area contributed by atoms with Crippen LogP contribution in [0.2, 0.25) is 0 Å². The molecular formula is C16H29NO5. The number of hydrogen-bond acceptors (Lipinski definition) is 5. The summed E-state index contributed by atoms with van der Waals surface area (Å²) >= 11 is 0. The van der Waals surface area contributed by atoms with Crippen LogP contribution in [0.1, 0.15) is 47.0 Å². The van der Waals surface area contributed by atoms with E-state index in [0.29, 0.717) is 24.9 Å². The van der Waals surface area contributed by atoms with Gasteiger partial charge < -0.3 is 19.9 Å². The fraction of sp³-hybridized carbons (Fsp3) is 0.875. The largest absolute Gasteiger partial charge is 0.463 e. The second-order valence-corrected chi connectivity index (χ2v) is 6.22. The standard InChI is InChI=1S/C16H29NO5/c1-10-11(2)14(9-21-13(4)18)22-16(12(10)3)20-8-6-5-7-15(17)19/h10-12,14,16H,5-9H2,1-4H3,(H2,17,19). The summed E-state index contributed by atoms with van der Waals surface area (Å²) in [5.74, 6) is 0.380. The first-order valence-electron chi connectivity index (χ1n) is 8.01. The quantitative estimate of drug-likeness (QED) is 0.545. The van der Waals surface area contributed by atoms with Crippen molar-refractivity contribution in [3.8, 4) is 0 Å². The highest BCUT2D eigenvalue weighted by molar-refractivity contribution is 5.73. The van der Waals surface area contributed by atoms with E-state index < -0.39 is 0 Å². The lowest BCUT2D eigenvalue weighted by Crippen LogP contribution is -2.47. The molecule has 1 saturated heterocycles. The van der Waals surface area contributed by atoms with Crippen LogP contribution < -0.4 is 5.73 Å². The Labute approximate surface area is 132 Å². The van der Waals surface area contributed by atoms with Crippen molar-refractivity contribution in [2.24, 2.45) is 23.5 Å². The Hall–Kier alpha value is -1.14. The van der Waals surface area contributed by atoms with E-state index in [1.807, 2.05) is 0 Å². The van der Waals surface area contributed by atoms with Crippen LogP contribution in [0.5, 0.6) is 0 Å². The molecule has 0 radical (unpaired) electrons. The summed E-state index contributed by atoms with van der Waals surface area (Å²) < 4.78 is 16.9. The minimum Gasteiger partial charge on any atom is -0.463 e. The van der Waals surface area contributed by atoms with Crippen LogP contribution in [-0.2, 0) is 23.8 Å². The van der Waals surface area contributed by atoms with E-state index in [2.05, 4.69) is 20.8 Å². The van der Waals surface area contributed by atoms with Gasteiger partial charge in [0.1, 0.15) is 6.61 Å². The number of hydrogen-bond donors (Lipinski definition) is 1. The van der Waals surface area contributed by atoms with Crippen LogP contribution in [0, 0.1) is 17.8 Å². The Bertz CT molecular complexity index is 374. The molecule has 1 aliphatic heterocycles. The molecule has 5 atom stereocenters. The second-order valence-electron chi connectivity index (χ2n) is 6.22. The smallest absolute Gasteiger partial charge is 0.302 e. The molecular weight excluding hydrogens is 286 g/mol. The Morgan fingerprint density at radius 3 is 2.36 bits per heavy atom. The van der Waals surface area contributed by atoms with Gasteiger partial charge >= 0.3 is 5.97 Å².